The molecule has 0 N–H and O–H groups in total. The first-order valence-electron chi connectivity index (χ1n) is 13.5. The number of nitrogens with zero attached hydrogens (tertiary/aromatic N) is 5. The lowest BCUT2D eigenvalue weighted by atomic mass is 9.99. The van der Waals surface area contributed by atoms with Gasteiger partial charge in [-0.25, -0.2) is 0 Å². The molecule has 0 aliphatic rings. The number of nitriles is 4. The molecule has 0 aromatic heterocycles. The molecular weight excluding hydrogens is 526 g/mol. The third-order valence-corrected chi connectivity index (χ3v) is 7.39. The van der Waals surface area contributed by atoms with E-state index in [1.807, 2.05) is 84.9 Å². The summed E-state index contributed by atoms with van der Waals surface area (Å²) >= 11 is 0. The van der Waals surface area contributed by atoms with Crippen LogP contribution in [0.4, 0.5) is 17.1 Å². The van der Waals surface area contributed by atoms with E-state index in [0.29, 0.717) is 22.3 Å². The van der Waals surface area contributed by atoms with Crippen molar-refractivity contribution in [3.63, 3.8) is 0 Å². The molecule has 0 spiro atoms. The minimum Gasteiger partial charge on any atom is -0.310 e. The Hall–Kier alpha value is -6.66. The van der Waals surface area contributed by atoms with Crippen LogP contribution in [-0.2, 0) is 0 Å². The first-order valence-corrected chi connectivity index (χ1v) is 13.5. The summed E-state index contributed by atoms with van der Waals surface area (Å²) in [7, 11) is 0. The van der Waals surface area contributed by atoms with Crippen molar-refractivity contribution in [2.45, 2.75) is 0 Å². The summed E-state index contributed by atoms with van der Waals surface area (Å²) in [6.45, 7) is 0. The van der Waals surface area contributed by atoms with Gasteiger partial charge >= 0.3 is 0 Å². The Bertz CT molecular complexity index is 2120. The van der Waals surface area contributed by atoms with E-state index in [1.54, 1.807) is 18.2 Å². The molecule has 0 radical (unpaired) electrons. The molecule has 0 aliphatic heterocycles. The van der Waals surface area contributed by atoms with Crippen molar-refractivity contribution < 1.29 is 0 Å². The van der Waals surface area contributed by atoms with Gasteiger partial charge in [-0.1, -0.05) is 60.7 Å². The summed E-state index contributed by atoms with van der Waals surface area (Å²) in [4.78, 5) is 2.15. The maximum atomic E-state index is 9.76. The summed E-state index contributed by atoms with van der Waals surface area (Å²) in [5.41, 5.74) is 8.58. The molecule has 0 unspecified atom stereocenters. The molecule has 5 nitrogen and oxygen atoms in total. The number of rotatable bonds is 5. The predicted molar refractivity (Wildman–Crippen MR) is 168 cm³/mol. The summed E-state index contributed by atoms with van der Waals surface area (Å²) in [6, 6.07) is 49.3. The molecule has 0 atom stereocenters. The minimum atomic E-state index is 0.436. The second-order valence-electron chi connectivity index (χ2n) is 9.93. The Labute approximate surface area is 249 Å². The maximum Gasteiger partial charge on any atom is 0.0998 e. The molecule has 0 saturated heterocycles. The van der Waals surface area contributed by atoms with Gasteiger partial charge in [0, 0.05) is 22.1 Å². The average molecular weight is 548 g/mol. The molecule has 6 rings (SSSR count). The molecule has 0 amide bonds. The van der Waals surface area contributed by atoms with E-state index in [1.165, 1.54) is 0 Å². The largest absolute Gasteiger partial charge is 0.310 e. The van der Waals surface area contributed by atoms with Crippen molar-refractivity contribution in [2.75, 3.05) is 4.90 Å². The number of hydrogen-bond donors (Lipinski definition) is 0. The molecule has 0 fully saturated rings. The number of anilines is 3. The molecule has 0 aliphatic carbocycles. The molecular formula is C38H21N5. The van der Waals surface area contributed by atoms with Crippen molar-refractivity contribution in [3.05, 3.63) is 150 Å². The molecule has 198 valence electrons. The first kappa shape index (κ1) is 26.6. The van der Waals surface area contributed by atoms with Crippen molar-refractivity contribution in [2.24, 2.45) is 0 Å². The fourth-order valence-corrected chi connectivity index (χ4v) is 5.27. The van der Waals surface area contributed by atoms with E-state index in [0.717, 1.165) is 50.1 Å². The van der Waals surface area contributed by atoms with Crippen LogP contribution < -0.4 is 4.90 Å². The molecule has 6 aromatic carbocycles. The van der Waals surface area contributed by atoms with E-state index in [2.05, 4.69) is 53.4 Å². The van der Waals surface area contributed by atoms with Gasteiger partial charge in [0.15, 0.2) is 0 Å². The lowest BCUT2D eigenvalue weighted by molar-refractivity contribution is 1.30. The van der Waals surface area contributed by atoms with Gasteiger partial charge in [-0.05, 0) is 89.0 Å². The molecule has 5 heteroatoms. The zero-order valence-corrected chi connectivity index (χ0v) is 22.9. The second kappa shape index (κ2) is 11.4. The topological polar surface area (TPSA) is 98.4 Å². The van der Waals surface area contributed by atoms with Gasteiger partial charge in [0.25, 0.3) is 0 Å². The highest BCUT2D eigenvalue weighted by atomic mass is 15.1. The van der Waals surface area contributed by atoms with Crippen molar-refractivity contribution >= 4 is 27.8 Å². The van der Waals surface area contributed by atoms with Gasteiger partial charge in [0.2, 0.25) is 0 Å². The van der Waals surface area contributed by atoms with Crippen LogP contribution in [0.1, 0.15) is 22.3 Å². The van der Waals surface area contributed by atoms with Crippen LogP contribution in [0.15, 0.2) is 127 Å². The fraction of sp³-hybridized carbons (Fsp3) is 0. The van der Waals surface area contributed by atoms with E-state index in [9.17, 15) is 15.8 Å². The highest BCUT2D eigenvalue weighted by Gasteiger charge is 2.17. The third kappa shape index (κ3) is 5.15. The van der Waals surface area contributed by atoms with Gasteiger partial charge in [-0.2, -0.15) is 21.0 Å². The van der Waals surface area contributed by atoms with Gasteiger partial charge in [-0.3, -0.25) is 0 Å². The fourth-order valence-electron chi connectivity index (χ4n) is 5.27. The standard InChI is InChI=1S/C38H21N5/c39-22-26-5-7-29(8-6-26)30-9-14-34(15-10-30)43(38-18-13-32(25-42)36-3-1-2-4-37(36)38)35-16-11-31(12-17-35)33-20-27(23-40)19-28(21-33)24-41/h1-21H. The Morgan fingerprint density at radius 3 is 1.40 bits per heavy atom. The first-order chi connectivity index (χ1) is 21.1. The van der Waals surface area contributed by atoms with Crippen LogP contribution in [0.25, 0.3) is 33.0 Å². The normalized spacial score (nSPS) is 10.2. The molecule has 43 heavy (non-hydrogen) atoms. The van der Waals surface area contributed by atoms with Crippen molar-refractivity contribution in [1.82, 2.24) is 0 Å². The van der Waals surface area contributed by atoms with Crippen molar-refractivity contribution in [3.8, 4) is 46.5 Å². The van der Waals surface area contributed by atoms with E-state index in [-0.39, 0.29) is 0 Å². The Morgan fingerprint density at radius 1 is 0.395 bits per heavy atom. The highest BCUT2D eigenvalue weighted by molar-refractivity contribution is 6.01. The maximum absolute atomic E-state index is 9.76. The number of hydrogen-bond acceptors (Lipinski definition) is 5. The monoisotopic (exact) mass is 547 g/mol. The summed E-state index contributed by atoms with van der Waals surface area (Å²) in [6.07, 6.45) is 0. The van der Waals surface area contributed by atoms with Crippen LogP contribution in [-0.4, -0.2) is 0 Å². The number of benzene rings is 6. The zero-order chi connectivity index (χ0) is 29.8. The zero-order valence-electron chi connectivity index (χ0n) is 22.9. The lowest BCUT2D eigenvalue weighted by Gasteiger charge is -2.27. The Kier molecular flexibility index (Phi) is 7.07. The van der Waals surface area contributed by atoms with Gasteiger partial charge in [0.05, 0.1) is 52.2 Å². The van der Waals surface area contributed by atoms with Gasteiger partial charge < -0.3 is 4.90 Å². The third-order valence-electron chi connectivity index (χ3n) is 7.39. The minimum absolute atomic E-state index is 0.436. The van der Waals surface area contributed by atoms with Crippen LogP contribution >= 0.6 is 0 Å². The molecule has 6 aromatic rings. The highest BCUT2D eigenvalue weighted by Crippen LogP contribution is 2.41. The van der Waals surface area contributed by atoms with Gasteiger partial charge in [0.1, 0.15) is 0 Å². The lowest BCUT2D eigenvalue weighted by Crippen LogP contribution is -2.10. The summed E-state index contributed by atoms with van der Waals surface area (Å²) in [5.74, 6) is 0. The smallest absolute Gasteiger partial charge is 0.0998 e. The van der Waals surface area contributed by atoms with E-state index in [4.69, 9.17) is 5.26 Å². The quantitative estimate of drug-likeness (QED) is 0.214. The molecule has 0 bridgehead atoms. The Balaban J connectivity index is 1.47. The van der Waals surface area contributed by atoms with Crippen LogP contribution in [0.2, 0.25) is 0 Å². The van der Waals surface area contributed by atoms with Crippen LogP contribution in [0.5, 0.6) is 0 Å². The average Bonchev–Trinajstić information content (AvgIpc) is 3.08. The van der Waals surface area contributed by atoms with E-state index >= 15 is 0 Å². The van der Waals surface area contributed by atoms with Crippen LogP contribution in [0, 0.1) is 45.3 Å². The predicted octanol–water partition coefficient (Wildman–Crippen LogP) is 9.13. The summed E-state index contributed by atoms with van der Waals surface area (Å²) < 4.78 is 0. The Morgan fingerprint density at radius 2 is 0.884 bits per heavy atom. The number of fused-ring (bicyclic) bond motifs is 1. The van der Waals surface area contributed by atoms with Gasteiger partial charge in [-0.15, -0.1) is 0 Å². The van der Waals surface area contributed by atoms with E-state index < -0.39 is 0 Å². The van der Waals surface area contributed by atoms with Crippen LogP contribution in [0.3, 0.4) is 0 Å². The summed E-state index contributed by atoms with van der Waals surface area (Å²) in [5, 5.41) is 39.6. The molecule has 0 saturated carbocycles. The van der Waals surface area contributed by atoms with Crippen molar-refractivity contribution in [1.29, 1.82) is 21.0 Å². The SMILES string of the molecule is N#Cc1ccc(-c2ccc(N(c3ccc(-c4cc(C#N)cc(C#N)c4)cc3)c3ccc(C#N)c4ccccc34)cc2)cc1. The molecule has 0 heterocycles. The second-order valence-corrected chi connectivity index (χ2v) is 9.93.